The van der Waals surface area contributed by atoms with Crippen molar-refractivity contribution in [3.05, 3.63) is 48.2 Å². The summed E-state index contributed by atoms with van der Waals surface area (Å²) in [4.78, 5) is 7.05. The third kappa shape index (κ3) is 3.80. The summed E-state index contributed by atoms with van der Waals surface area (Å²) < 4.78 is 81.4. The van der Waals surface area contributed by atoms with Gasteiger partial charge in [0.25, 0.3) is 15.8 Å². The summed E-state index contributed by atoms with van der Waals surface area (Å²) in [6, 6.07) is 5.60. The Morgan fingerprint density at radius 2 is 1.89 bits per heavy atom. The molecular weight excluding hydrogens is 406 g/mol. The number of aromatic nitrogens is 4. The number of nitrogens with two attached hydrogens (primary N) is 1. The predicted molar refractivity (Wildman–Crippen MR) is 87.5 cm³/mol. The van der Waals surface area contributed by atoms with Gasteiger partial charge in [-0.25, -0.2) is 32.6 Å². The highest BCUT2D eigenvalue weighted by molar-refractivity contribution is 7.89. The first kappa shape index (κ1) is 19.7. The average molecular weight is 417 g/mol. The Balaban J connectivity index is 2.18. The van der Waals surface area contributed by atoms with Crippen LogP contribution in [0.15, 0.2) is 41.6 Å². The highest BCUT2D eigenvalue weighted by Crippen LogP contribution is 2.31. The topological polar surface area (TPSA) is 113 Å². The minimum Gasteiger partial charge on any atom is -0.494 e. The van der Waals surface area contributed by atoms with Crippen LogP contribution in [0.1, 0.15) is 5.82 Å². The molecule has 0 aliphatic rings. The molecule has 13 heteroatoms. The van der Waals surface area contributed by atoms with Crippen molar-refractivity contribution in [3.8, 4) is 22.8 Å². The number of hydrogen-bond acceptors (Lipinski definition) is 6. The molecule has 0 unspecified atom stereocenters. The smallest absolute Gasteiger partial charge is 0.453 e. The SMILES string of the molecule is COc1ccc(-c2nc(C(F)(F)F)nn2-c2ccc(S(N)(=O)=O)nc2)cc1F. The van der Waals surface area contributed by atoms with Crippen LogP contribution >= 0.6 is 0 Å². The molecule has 1 aromatic carbocycles. The van der Waals surface area contributed by atoms with Crippen molar-refractivity contribution in [2.45, 2.75) is 11.2 Å². The number of rotatable bonds is 4. The highest BCUT2D eigenvalue weighted by Gasteiger charge is 2.37. The van der Waals surface area contributed by atoms with E-state index < -0.39 is 32.9 Å². The zero-order chi connectivity index (χ0) is 20.7. The molecule has 3 rings (SSSR count). The lowest BCUT2D eigenvalue weighted by atomic mass is 10.2. The molecule has 2 heterocycles. The number of halogens is 4. The maximum absolute atomic E-state index is 14.0. The second-order valence-electron chi connectivity index (χ2n) is 5.42. The van der Waals surface area contributed by atoms with Crippen LogP contribution in [0.25, 0.3) is 17.1 Å². The summed E-state index contributed by atoms with van der Waals surface area (Å²) in [5.41, 5.74) is -0.0570. The minimum atomic E-state index is -4.86. The van der Waals surface area contributed by atoms with Gasteiger partial charge in [-0.2, -0.15) is 13.2 Å². The molecule has 28 heavy (non-hydrogen) atoms. The summed E-state index contributed by atoms with van der Waals surface area (Å²) in [5.74, 6) is -2.72. The maximum Gasteiger partial charge on any atom is 0.453 e. The molecule has 8 nitrogen and oxygen atoms in total. The van der Waals surface area contributed by atoms with Gasteiger partial charge >= 0.3 is 6.18 Å². The Bertz CT molecular complexity index is 1130. The van der Waals surface area contributed by atoms with Crippen molar-refractivity contribution >= 4 is 10.0 Å². The molecule has 0 fully saturated rings. The quantitative estimate of drug-likeness (QED) is 0.651. The summed E-state index contributed by atoms with van der Waals surface area (Å²) in [7, 11) is -2.86. The van der Waals surface area contributed by atoms with E-state index in [1.165, 1.54) is 19.2 Å². The number of pyridine rings is 1. The Morgan fingerprint density at radius 3 is 2.39 bits per heavy atom. The molecule has 2 aromatic heterocycles. The van der Waals surface area contributed by atoms with E-state index in [0.29, 0.717) is 0 Å². The molecule has 0 atom stereocenters. The van der Waals surface area contributed by atoms with Crippen molar-refractivity contribution in [3.63, 3.8) is 0 Å². The first-order valence-corrected chi connectivity index (χ1v) is 8.93. The second-order valence-corrected chi connectivity index (χ2v) is 6.93. The van der Waals surface area contributed by atoms with Crippen LogP contribution < -0.4 is 9.88 Å². The predicted octanol–water partition coefficient (Wildman–Crippen LogP) is 2.14. The molecule has 0 radical (unpaired) electrons. The average Bonchev–Trinajstić information content (AvgIpc) is 3.07. The largest absolute Gasteiger partial charge is 0.494 e. The van der Waals surface area contributed by atoms with Crippen LogP contribution in [0.3, 0.4) is 0 Å². The van der Waals surface area contributed by atoms with Gasteiger partial charge in [-0.15, -0.1) is 5.10 Å². The Labute approximate surface area is 155 Å². The fourth-order valence-corrected chi connectivity index (χ4v) is 2.73. The lowest BCUT2D eigenvalue weighted by Gasteiger charge is -2.08. The number of hydrogen-bond donors (Lipinski definition) is 1. The first-order valence-electron chi connectivity index (χ1n) is 7.38. The lowest BCUT2D eigenvalue weighted by Crippen LogP contribution is -2.14. The first-order chi connectivity index (χ1) is 13.0. The van der Waals surface area contributed by atoms with Gasteiger partial charge in [-0.05, 0) is 30.3 Å². The van der Waals surface area contributed by atoms with Gasteiger partial charge in [0, 0.05) is 5.56 Å². The van der Waals surface area contributed by atoms with Crippen LogP contribution in [-0.2, 0) is 16.2 Å². The number of nitrogens with zero attached hydrogens (tertiary/aromatic N) is 4. The molecule has 3 aromatic rings. The summed E-state index contributed by atoms with van der Waals surface area (Å²) in [6.07, 6.45) is -3.91. The molecule has 0 aliphatic carbocycles. The number of ether oxygens (including phenoxy) is 1. The van der Waals surface area contributed by atoms with Crippen LogP contribution in [0, 0.1) is 5.82 Å². The molecule has 0 bridgehead atoms. The summed E-state index contributed by atoms with van der Waals surface area (Å²) >= 11 is 0. The maximum atomic E-state index is 14.0. The Hall–Kier alpha value is -3.06. The number of alkyl halides is 3. The van der Waals surface area contributed by atoms with Crippen molar-refractivity contribution in [2.75, 3.05) is 7.11 Å². The van der Waals surface area contributed by atoms with E-state index in [0.717, 1.165) is 29.1 Å². The van der Waals surface area contributed by atoms with E-state index in [1.807, 2.05) is 0 Å². The van der Waals surface area contributed by atoms with Gasteiger partial charge in [0.1, 0.15) is 0 Å². The number of sulfonamides is 1. The molecule has 0 spiro atoms. The molecule has 0 saturated heterocycles. The van der Waals surface area contributed by atoms with E-state index in [9.17, 15) is 26.0 Å². The van der Waals surface area contributed by atoms with E-state index in [1.54, 1.807) is 0 Å². The molecule has 0 aliphatic heterocycles. The van der Waals surface area contributed by atoms with Gasteiger partial charge in [0.05, 0.1) is 19.0 Å². The van der Waals surface area contributed by atoms with E-state index in [2.05, 4.69) is 15.1 Å². The van der Waals surface area contributed by atoms with Crippen LogP contribution in [0.4, 0.5) is 17.6 Å². The van der Waals surface area contributed by atoms with Gasteiger partial charge in [-0.1, -0.05) is 0 Å². The van der Waals surface area contributed by atoms with Crippen molar-refractivity contribution in [1.82, 2.24) is 19.7 Å². The van der Waals surface area contributed by atoms with E-state index in [-0.39, 0.29) is 22.8 Å². The van der Waals surface area contributed by atoms with Crippen molar-refractivity contribution in [2.24, 2.45) is 5.14 Å². The summed E-state index contributed by atoms with van der Waals surface area (Å²) in [5, 5.41) is 7.86. The van der Waals surface area contributed by atoms with Gasteiger partial charge in [0.2, 0.25) is 0 Å². The zero-order valence-electron chi connectivity index (χ0n) is 14.0. The molecule has 2 N–H and O–H groups in total. The molecular formula is C15H11F4N5O3S. The van der Waals surface area contributed by atoms with Crippen molar-refractivity contribution < 1.29 is 30.7 Å². The van der Waals surface area contributed by atoms with E-state index in [4.69, 9.17) is 9.88 Å². The number of benzene rings is 1. The monoisotopic (exact) mass is 417 g/mol. The van der Waals surface area contributed by atoms with Gasteiger partial charge in [-0.3, -0.25) is 0 Å². The van der Waals surface area contributed by atoms with Crippen LogP contribution in [0.2, 0.25) is 0 Å². The minimum absolute atomic E-state index is 0.0168. The van der Waals surface area contributed by atoms with Gasteiger partial charge < -0.3 is 4.74 Å². The summed E-state index contributed by atoms with van der Waals surface area (Å²) in [6.45, 7) is 0. The molecule has 148 valence electrons. The molecule has 0 saturated carbocycles. The van der Waals surface area contributed by atoms with Gasteiger partial charge in [0.15, 0.2) is 22.4 Å². The fraction of sp³-hybridized carbons (Fsp3) is 0.133. The lowest BCUT2D eigenvalue weighted by molar-refractivity contribution is -0.144. The Morgan fingerprint density at radius 1 is 1.18 bits per heavy atom. The van der Waals surface area contributed by atoms with Crippen molar-refractivity contribution in [1.29, 1.82) is 0 Å². The zero-order valence-corrected chi connectivity index (χ0v) is 14.8. The fourth-order valence-electron chi connectivity index (χ4n) is 2.27. The number of primary sulfonamides is 1. The van der Waals surface area contributed by atoms with Crippen LogP contribution in [-0.4, -0.2) is 35.3 Å². The third-order valence-electron chi connectivity index (χ3n) is 3.53. The normalized spacial score (nSPS) is 12.2. The van der Waals surface area contributed by atoms with E-state index >= 15 is 0 Å². The van der Waals surface area contributed by atoms with Crippen LogP contribution in [0.5, 0.6) is 5.75 Å². The third-order valence-corrected chi connectivity index (χ3v) is 4.35. The Kier molecular flexibility index (Phi) is 4.81. The highest BCUT2D eigenvalue weighted by atomic mass is 32.2. The molecule has 0 amide bonds. The number of methoxy groups -OCH3 is 1. The standard InChI is InChI=1S/C15H11F4N5O3S/c1-27-11-4-2-8(6-10(11)16)13-22-14(15(17,18)19)23-24(13)9-3-5-12(21-7-9)28(20,25)26/h2-7H,1H3,(H2,20,25,26). The second kappa shape index (κ2) is 6.83.